The molecule has 1 heterocycles. The SMILES string of the molecule is O=C(O)c1cnc2cc(OCc3ccc(F)cc3)ccc2c1. The van der Waals surface area contributed by atoms with E-state index in [1.807, 2.05) is 0 Å². The lowest BCUT2D eigenvalue weighted by Crippen LogP contribution is -1.98. The first-order valence-electron chi connectivity index (χ1n) is 6.62. The van der Waals surface area contributed by atoms with Crippen molar-refractivity contribution in [2.24, 2.45) is 0 Å². The smallest absolute Gasteiger partial charge is 0.337 e. The topological polar surface area (TPSA) is 59.4 Å². The Hall–Kier alpha value is -2.95. The van der Waals surface area contributed by atoms with Crippen molar-refractivity contribution >= 4 is 16.9 Å². The van der Waals surface area contributed by atoms with Crippen LogP contribution in [0.3, 0.4) is 0 Å². The molecule has 0 saturated heterocycles. The number of aromatic nitrogens is 1. The lowest BCUT2D eigenvalue weighted by molar-refractivity contribution is 0.0696. The van der Waals surface area contributed by atoms with E-state index in [0.717, 1.165) is 10.9 Å². The van der Waals surface area contributed by atoms with Crippen molar-refractivity contribution in [3.63, 3.8) is 0 Å². The summed E-state index contributed by atoms with van der Waals surface area (Å²) in [6, 6.07) is 12.9. The largest absolute Gasteiger partial charge is 0.489 e. The fraction of sp³-hybridized carbons (Fsp3) is 0.0588. The van der Waals surface area contributed by atoms with Gasteiger partial charge in [-0.15, -0.1) is 0 Å². The second-order valence-electron chi connectivity index (χ2n) is 4.80. The van der Waals surface area contributed by atoms with Gasteiger partial charge >= 0.3 is 5.97 Å². The first kappa shape index (κ1) is 14.0. The van der Waals surface area contributed by atoms with Crippen molar-refractivity contribution in [2.45, 2.75) is 6.61 Å². The Balaban J connectivity index is 1.78. The van der Waals surface area contributed by atoms with Gasteiger partial charge in [0.25, 0.3) is 0 Å². The van der Waals surface area contributed by atoms with Crippen LogP contribution >= 0.6 is 0 Å². The standard InChI is InChI=1S/C17H12FNO3/c18-14-4-1-11(2-5-14)10-22-15-6-3-12-7-13(17(20)21)9-19-16(12)8-15/h1-9H,10H2,(H,20,21). The summed E-state index contributed by atoms with van der Waals surface area (Å²) in [4.78, 5) is 15.0. The van der Waals surface area contributed by atoms with Gasteiger partial charge < -0.3 is 9.84 Å². The van der Waals surface area contributed by atoms with Gasteiger partial charge in [0.2, 0.25) is 0 Å². The van der Waals surface area contributed by atoms with Gasteiger partial charge in [0.05, 0.1) is 11.1 Å². The number of hydrogen-bond donors (Lipinski definition) is 1. The van der Waals surface area contributed by atoms with Gasteiger partial charge in [-0.05, 0) is 35.9 Å². The first-order chi connectivity index (χ1) is 10.6. The molecule has 3 aromatic rings. The number of pyridine rings is 1. The second-order valence-corrected chi connectivity index (χ2v) is 4.80. The highest BCUT2D eigenvalue weighted by Crippen LogP contribution is 2.21. The molecule has 4 nitrogen and oxygen atoms in total. The van der Waals surface area contributed by atoms with Crippen LogP contribution in [-0.2, 0) is 6.61 Å². The number of hydrogen-bond acceptors (Lipinski definition) is 3. The Labute approximate surface area is 125 Å². The van der Waals surface area contributed by atoms with E-state index in [1.165, 1.54) is 18.3 Å². The number of rotatable bonds is 4. The van der Waals surface area contributed by atoms with Gasteiger partial charge in [-0.2, -0.15) is 0 Å². The number of aromatic carboxylic acids is 1. The lowest BCUT2D eigenvalue weighted by atomic mass is 10.1. The van der Waals surface area contributed by atoms with Crippen molar-refractivity contribution in [1.82, 2.24) is 4.98 Å². The summed E-state index contributed by atoms with van der Waals surface area (Å²) < 4.78 is 18.5. The third-order valence-corrected chi connectivity index (χ3v) is 3.22. The van der Waals surface area contributed by atoms with E-state index >= 15 is 0 Å². The maximum Gasteiger partial charge on any atom is 0.337 e. The minimum atomic E-state index is -1.01. The van der Waals surface area contributed by atoms with E-state index in [4.69, 9.17) is 9.84 Å². The Bertz CT molecular complexity index is 831. The van der Waals surface area contributed by atoms with Gasteiger partial charge in [-0.25, -0.2) is 9.18 Å². The maximum absolute atomic E-state index is 12.8. The van der Waals surface area contributed by atoms with Gasteiger partial charge in [0, 0.05) is 17.6 Å². The summed E-state index contributed by atoms with van der Waals surface area (Å²) in [5.74, 6) is -0.675. The Morgan fingerprint density at radius 2 is 1.91 bits per heavy atom. The number of ether oxygens (including phenoxy) is 1. The molecule has 3 rings (SSSR count). The van der Waals surface area contributed by atoms with Crippen LogP contribution < -0.4 is 4.74 Å². The quantitative estimate of drug-likeness (QED) is 0.798. The first-order valence-corrected chi connectivity index (χ1v) is 6.62. The molecule has 0 atom stereocenters. The van der Waals surface area contributed by atoms with E-state index in [9.17, 15) is 9.18 Å². The number of fused-ring (bicyclic) bond motifs is 1. The average molecular weight is 297 g/mol. The lowest BCUT2D eigenvalue weighted by Gasteiger charge is -2.07. The molecule has 0 amide bonds. The molecule has 0 bridgehead atoms. The molecule has 5 heteroatoms. The van der Waals surface area contributed by atoms with Crippen molar-refractivity contribution < 1.29 is 19.0 Å². The molecule has 0 radical (unpaired) electrons. The normalized spacial score (nSPS) is 10.6. The summed E-state index contributed by atoms with van der Waals surface area (Å²) >= 11 is 0. The van der Waals surface area contributed by atoms with Crippen LogP contribution in [0.15, 0.2) is 54.7 Å². The van der Waals surface area contributed by atoms with Crippen molar-refractivity contribution in [1.29, 1.82) is 0 Å². The monoisotopic (exact) mass is 297 g/mol. The number of nitrogens with zero attached hydrogens (tertiary/aromatic N) is 1. The van der Waals surface area contributed by atoms with Gasteiger partial charge in [0.1, 0.15) is 18.2 Å². The Kier molecular flexibility index (Phi) is 3.70. The summed E-state index contributed by atoms with van der Waals surface area (Å²) in [6.07, 6.45) is 1.31. The average Bonchev–Trinajstić information content (AvgIpc) is 2.53. The summed E-state index contributed by atoms with van der Waals surface area (Å²) in [7, 11) is 0. The van der Waals surface area contributed by atoms with Crippen molar-refractivity contribution in [2.75, 3.05) is 0 Å². The predicted molar refractivity (Wildman–Crippen MR) is 79.4 cm³/mol. The number of carbonyl (C=O) groups is 1. The molecule has 0 aliphatic heterocycles. The van der Waals surface area contributed by atoms with Gasteiger partial charge in [0.15, 0.2) is 0 Å². The third kappa shape index (κ3) is 3.03. The molecule has 22 heavy (non-hydrogen) atoms. The fourth-order valence-corrected chi connectivity index (χ4v) is 2.06. The van der Waals surface area contributed by atoms with E-state index < -0.39 is 5.97 Å². The van der Waals surface area contributed by atoms with Crippen LogP contribution in [0.4, 0.5) is 4.39 Å². The van der Waals surface area contributed by atoms with Crippen molar-refractivity contribution in [3.05, 3.63) is 71.7 Å². The maximum atomic E-state index is 12.8. The minimum absolute atomic E-state index is 0.146. The number of carboxylic acids is 1. The van der Waals surface area contributed by atoms with Crippen LogP contribution in [0, 0.1) is 5.82 Å². The Morgan fingerprint density at radius 1 is 1.14 bits per heavy atom. The van der Waals surface area contributed by atoms with E-state index in [1.54, 1.807) is 36.4 Å². The number of carboxylic acid groups (broad SMARTS) is 1. The predicted octanol–water partition coefficient (Wildman–Crippen LogP) is 3.65. The molecular formula is C17H12FNO3. The van der Waals surface area contributed by atoms with Crippen LogP contribution in [0.5, 0.6) is 5.75 Å². The zero-order chi connectivity index (χ0) is 15.5. The molecule has 0 saturated carbocycles. The summed E-state index contributed by atoms with van der Waals surface area (Å²) in [6.45, 7) is 0.318. The molecule has 110 valence electrons. The fourth-order valence-electron chi connectivity index (χ4n) is 2.06. The van der Waals surface area contributed by atoms with Crippen molar-refractivity contribution in [3.8, 4) is 5.75 Å². The van der Waals surface area contributed by atoms with Crippen LogP contribution in [0.2, 0.25) is 0 Å². The zero-order valence-electron chi connectivity index (χ0n) is 11.5. The highest BCUT2D eigenvalue weighted by molar-refractivity contribution is 5.92. The summed E-state index contributed by atoms with van der Waals surface area (Å²) in [5, 5.41) is 9.67. The van der Waals surface area contributed by atoms with E-state index in [2.05, 4.69) is 4.98 Å². The van der Waals surface area contributed by atoms with E-state index in [0.29, 0.717) is 17.9 Å². The molecule has 0 fully saturated rings. The van der Waals surface area contributed by atoms with Gasteiger partial charge in [-0.3, -0.25) is 4.98 Å². The number of benzene rings is 2. The molecule has 1 aromatic heterocycles. The highest BCUT2D eigenvalue weighted by Gasteiger charge is 2.06. The highest BCUT2D eigenvalue weighted by atomic mass is 19.1. The molecule has 0 aliphatic carbocycles. The molecule has 0 unspecified atom stereocenters. The van der Waals surface area contributed by atoms with E-state index in [-0.39, 0.29) is 11.4 Å². The Morgan fingerprint density at radius 3 is 2.64 bits per heavy atom. The molecule has 0 aliphatic rings. The zero-order valence-corrected chi connectivity index (χ0v) is 11.5. The molecular weight excluding hydrogens is 285 g/mol. The number of halogens is 1. The summed E-state index contributed by atoms with van der Waals surface area (Å²) in [5.41, 5.74) is 1.66. The minimum Gasteiger partial charge on any atom is -0.489 e. The van der Waals surface area contributed by atoms with Crippen LogP contribution in [0.1, 0.15) is 15.9 Å². The second kappa shape index (κ2) is 5.81. The molecule has 2 aromatic carbocycles. The van der Waals surface area contributed by atoms with Crippen LogP contribution in [0.25, 0.3) is 10.9 Å². The van der Waals surface area contributed by atoms with Crippen LogP contribution in [-0.4, -0.2) is 16.1 Å². The molecule has 1 N–H and O–H groups in total. The third-order valence-electron chi connectivity index (χ3n) is 3.22. The molecule has 0 spiro atoms. The van der Waals surface area contributed by atoms with Gasteiger partial charge in [-0.1, -0.05) is 12.1 Å².